The summed E-state index contributed by atoms with van der Waals surface area (Å²) in [7, 11) is 1.24. The van der Waals surface area contributed by atoms with Crippen molar-refractivity contribution < 1.29 is 28.6 Å². The number of benzene rings is 1. The van der Waals surface area contributed by atoms with Crippen molar-refractivity contribution in [1.82, 2.24) is 10.2 Å². The zero-order valence-corrected chi connectivity index (χ0v) is 18.0. The van der Waals surface area contributed by atoms with Gasteiger partial charge in [-0.05, 0) is 51.2 Å². The first kappa shape index (κ1) is 23.3. The summed E-state index contributed by atoms with van der Waals surface area (Å²) >= 11 is 0. The van der Waals surface area contributed by atoms with Gasteiger partial charge in [-0.3, -0.25) is 5.32 Å². The molecule has 8 heteroatoms. The molecule has 1 unspecified atom stereocenters. The second-order valence-corrected chi connectivity index (χ2v) is 8.09. The number of carbonyl (C=O) groups excluding carboxylic acids is 3. The van der Waals surface area contributed by atoms with Crippen LogP contribution in [0.5, 0.6) is 0 Å². The van der Waals surface area contributed by atoms with Crippen LogP contribution in [0.4, 0.5) is 9.59 Å². The van der Waals surface area contributed by atoms with Crippen LogP contribution in [0.25, 0.3) is 0 Å². The van der Waals surface area contributed by atoms with Gasteiger partial charge in [0, 0.05) is 13.1 Å². The molecule has 1 aromatic carbocycles. The summed E-state index contributed by atoms with van der Waals surface area (Å²) in [5.41, 5.74) is 0.240. The number of ether oxygens (including phenoxy) is 3. The average Bonchev–Trinajstić information content (AvgIpc) is 2.71. The Hall–Kier alpha value is -3.03. The van der Waals surface area contributed by atoms with Crippen molar-refractivity contribution in [3.8, 4) is 0 Å². The molecule has 1 N–H and O–H groups in total. The van der Waals surface area contributed by atoms with Crippen LogP contribution in [0.1, 0.15) is 39.2 Å². The van der Waals surface area contributed by atoms with Crippen LogP contribution in [0, 0.1) is 5.92 Å². The molecule has 1 saturated heterocycles. The minimum absolute atomic E-state index is 0.00778. The second-order valence-electron chi connectivity index (χ2n) is 8.09. The molecule has 1 aliphatic rings. The summed E-state index contributed by atoms with van der Waals surface area (Å²) in [6.07, 6.45) is 1.99. The van der Waals surface area contributed by atoms with Crippen LogP contribution >= 0.6 is 0 Å². The fraction of sp³-hybridized carbons (Fsp3) is 0.500. The molecule has 1 aromatic rings. The van der Waals surface area contributed by atoms with E-state index in [1.54, 1.807) is 11.0 Å². The lowest BCUT2D eigenvalue weighted by Gasteiger charge is -2.33. The predicted molar refractivity (Wildman–Crippen MR) is 110 cm³/mol. The Kier molecular flexibility index (Phi) is 8.26. The zero-order valence-electron chi connectivity index (χ0n) is 18.0. The number of likely N-dealkylation sites (tertiary alicyclic amines) is 1. The van der Waals surface area contributed by atoms with Crippen molar-refractivity contribution in [1.29, 1.82) is 0 Å². The highest BCUT2D eigenvalue weighted by atomic mass is 16.6. The van der Waals surface area contributed by atoms with E-state index in [0.717, 1.165) is 18.4 Å². The van der Waals surface area contributed by atoms with Crippen molar-refractivity contribution in [2.24, 2.45) is 5.92 Å². The highest BCUT2D eigenvalue weighted by Crippen LogP contribution is 2.21. The molecule has 0 radical (unpaired) electrons. The summed E-state index contributed by atoms with van der Waals surface area (Å²) in [5, 5.41) is 2.46. The van der Waals surface area contributed by atoms with Crippen LogP contribution in [0.3, 0.4) is 0 Å². The smallest absolute Gasteiger partial charge is 0.412 e. The maximum absolute atomic E-state index is 12.3. The molecule has 1 atom stereocenters. The molecule has 1 heterocycles. The highest BCUT2D eigenvalue weighted by molar-refractivity contribution is 5.92. The minimum Gasteiger partial charge on any atom is -0.464 e. The number of methoxy groups -OCH3 is 1. The van der Waals surface area contributed by atoms with Crippen LogP contribution < -0.4 is 5.32 Å². The topological polar surface area (TPSA) is 94.2 Å². The van der Waals surface area contributed by atoms with E-state index in [1.807, 2.05) is 51.1 Å². The number of amides is 2. The molecule has 0 aromatic heterocycles. The normalized spacial score (nSPS) is 17.1. The minimum atomic E-state index is -0.754. The fourth-order valence-corrected chi connectivity index (χ4v) is 3.01. The fourth-order valence-electron chi connectivity index (χ4n) is 3.01. The van der Waals surface area contributed by atoms with Crippen molar-refractivity contribution in [2.45, 2.75) is 45.8 Å². The number of hydrogen-bond donors (Lipinski definition) is 1. The van der Waals surface area contributed by atoms with Crippen molar-refractivity contribution in [3.63, 3.8) is 0 Å². The third-order valence-corrected chi connectivity index (χ3v) is 4.37. The summed E-state index contributed by atoms with van der Waals surface area (Å²) in [4.78, 5) is 38.2. The van der Waals surface area contributed by atoms with E-state index < -0.39 is 23.8 Å². The first-order chi connectivity index (χ1) is 14.2. The molecule has 2 amide bonds. The lowest BCUT2D eigenvalue weighted by atomic mass is 9.97. The molecule has 2 rings (SSSR count). The maximum atomic E-state index is 12.3. The first-order valence-corrected chi connectivity index (χ1v) is 9.93. The third-order valence-electron chi connectivity index (χ3n) is 4.37. The molecule has 30 heavy (non-hydrogen) atoms. The lowest BCUT2D eigenvalue weighted by Crippen LogP contribution is -2.43. The Bertz CT molecular complexity index is 770. The predicted octanol–water partition coefficient (Wildman–Crippen LogP) is 3.62. The molecule has 0 saturated carbocycles. The highest BCUT2D eigenvalue weighted by Gasteiger charge is 2.28. The lowest BCUT2D eigenvalue weighted by molar-refractivity contribution is -0.136. The Morgan fingerprint density at radius 1 is 1.20 bits per heavy atom. The number of nitrogens with zero attached hydrogens (tertiary/aromatic N) is 1. The molecule has 0 aliphatic carbocycles. The number of esters is 1. The van der Waals surface area contributed by atoms with Gasteiger partial charge < -0.3 is 19.1 Å². The molecule has 0 spiro atoms. The molecular weight excluding hydrogens is 388 g/mol. The molecular formula is C22H30N2O6. The molecule has 0 bridgehead atoms. The summed E-state index contributed by atoms with van der Waals surface area (Å²) in [5.74, 6) is -0.809. The van der Waals surface area contributed by atoms with Crippen molar-refractivity contribution in [2.75, 3.05) is 20.2 Å². The van der Waals surface area contributed by atoms with Gasteiger partial charge in [-0.15, -0.1) is 0 Å². The van der Waals surface area contributed by atoms with Crippen LogP contribution in [0.2, 0.25) is 0 Å². The van der Waals surface area contributed by atoms with Gasteiger partial charge in [0.25, 0.3) is 0 Å². The Balaban J connectivity index is 2.00. The van der Waals surface area contributed by atoms with Gasteiger partial charge in [0.2, 0.25) is 0 Å². The first-order valence-electron chi connectivity index (χ1n) is 9.93. The molecule has 8 nitrogen and oxygen atoms in total. The van der Waals surface area contributed by atoms with Crippen LogP contribution in [-0.2, 0) is 25.6 Å². The van der Waals surface area contributed by atoms with Crippen molar-refractivity contribution >= 4 is 18.2 Å². The molecule has 1 aliphatic heterocycles. The van der Waals surface area contributed by atoms with E-state index in [0.29, 0.717) is 13.1 Å². The Morgan fingerprint density at radius 3 is 2.53 bits per heavy atom. The second kappa shape index (κ2) is 10.7. The largest absolute Gasteiger partial charge is 0.464 e. The summed E-state index contributed by atoms with van der Waals surface area (Å²) in [6.45, 7) is 6.48. The van der Waals surface area contributed by atoms with E-state index in [-0.39, 0.29) is 18.2 Å². The average molecular weight is 418 g/mol. The van der Waals surface area contributed by atoms with Crippen LogP contribution in [-0.4, -0.2) is 48.9 Å². The van der Waals surface area contributed by atoms with Crippen molar-refractivity contribution in [3.05, 3.63) is 47.7 Å². The standard InChI is InChI=1S/C22H30N2O6/c1-22(2,3)30-21(27)24-12-8-11-17(14-24)13-18(19(25)28-4)23-20(26)29-15-16-9-6-5-7-10-16/h5-7,9-10,13,17H,8,11-12,14-15H2,1-4H3,(H,23,26)/b18-13+. The van der Waals surface area contributed by atoms with Gasteiger partial charge in [-0.2, -0.15) is 0 Å². The quantitative estimate of drug-likeness (QED) is 0.446. The van der Waals surface area contributed by atoms with Gasteiger partial charge in [0.05, 0.1) is 7.11 Å². The number of rotatable bonds is 5. The molecule has 1 fully saturated rings. The monoisotopic (exact) mass is 418 g/mol. The number of piperidine rings is 1. The van der Waals surface area contributed by atoms with E-state index in [1.165, 1.54) is 7.11 Å². The van der Waals surface area contributed by atoms with Gasteiger partial charge in [-0.25, -0.2) is 14.4 Å². The molecule has 164 valence electrons. The van der Waals surface area contributed by atoms with E-state index in [4.69, 9.17) is 14.2 Å². The summed E-state index contributed by atoms with van der Waals surface area (Å²) < 4.78 is 15.4. The SMILES string of the molecule is COC(=O)/C(=C\C1CCCN(C(=O)OC(C)(C)C)C1)NC(=O)OCc1ccccc1. The summed E-state index contributed by atoms with van der Waals surface area (Å²) in [6, 6.07) is 9.22. The van der Waals surface area contributed by atoms with Gasteiger partial charge in [-0.1, -0.05) is 30.3 Å². The van der Waals surface area contributed by atoms with Crippen LogP contribution in [0.15, 0.2) is 42.1 Å². The Labute approximate surface area is 177 Å². The van der Waals surface area contributed by atoms with E-state index in [2.05, 4.69) is 5.32 Å². The van der Waals surface area contributed by atoms with Gasteiger partial charge in [0.15, 0.2) is 0 Å². The van der Waals surface area contributed by atoms with Gasteiger partial charge in [0.1, 0.15) is 17.9 Å². The maximum Gasteiger partial charge on any atom is 0.412 e. The van der Waals surface area contributed by atoms with E-state index in [9.17, 15) is 14.4 Å². The van der Waals surface area contributed by atoms with Gasteiger partial charge >= 0.3 is 18.2 Å². The van der Waals surface area contributed by atoms with E-state index >= 15 is 0 Å². The zero-order chi connectivity index (χ0) is 22.1. The number of carbonyl (C=O) groups is 3. The Morgan fingerprint density at radius 2 is 1.90 bits per heavy atom. The third kappa shape index (κ3) is 7.77. The number of hydrogen-bond acceptors (Lipinski definition) is 6. The number of alkyl carbamates (subject to hydrolysis) is 1. The number of nitrogens with one attached hydrogen (secondary N) is 1.